The molecular weight excluding hydrogens is 596 g/mol. The molecule has 1 saturated heterocycles. The van der Waals surface area contributed by atoms with Crippen molar-refractivity contribution in [3.8, 4) is 11.1 Å². The van der Waals surface area contributed by atoms with Gasteiger partial charge in [0.15, 0.2) is 0 Å². The number of nitrogens with zero attached hydrogens (tertiary/aromatic N) is 2. The van der Waals surface area contributed by atoms with E-state index < -0.39 is 73.4 Å². The molecule has 42 heavy (non-hydrogen) atoms. The van der Waals surface area contributed by atoms with Crippen LogP contribution in [0.1, 0.15) is 42.4 Å². The molecule has 1 aliphatic heterocycles. The molecule has 1 unspecified atom stereocenters. The van der Waals surface area contributed by atoms with E-state index in [9.17, 15) is 21.6 Å². The van der Waals surface area contributed by atoms with Gasteiger partial charge in [0.2, 0.25) is 10.0 Å². The predicted molar refractivity (Wildman–Crippen MR) is 140 cm³/mol. The van der Waals surface area contributed by atoms with Crippen LogP contribution in [0.4, 0.5) is 35.1 Å². The molecule has 0 bridgehead atoms. The van der Waals surface area contributed by atoms with Gasteiger partial charge in [-0.3, -0.25) is 4.90 Å². The molecule has 0 amide bonds. The first-order valence-corrected chi connectivity index (χ1v) is 14.9. The first kappa shape index (κ1) is 32.4. The second-order valence-corrected chi connectivity index (χ2v) is 12.7. The Hall–Kier alpha value is -2.55. The molecule has 232 valence electrons. The molecule has 5 nitrogen and oxygen atoms in total. The van der Waals surface area contributed by atoms with E-state index in [2.05, 4.69) is 11.3 Å². The van der Waals surface area contributed by atoms with Crippen molar-refractivity contribution in [3.05, 3.63) is 70.6 Å². The lowest BCUT2D eigenvalue weighted by Gasteiger charge is -2.41. The number of hydrogen-bond donors (Lipinski definition) is 0. The van der Waals surface area contributed by atoms with Crippen molar-refractivity contribution in [1.82, 2.24) is 9.21 Å². The van der Waals surface area contributed by atoms with E-state index in [4.69, 9.17) is 0 Å². The predicted octanol–water partition coefficient (Wildman–Crippen LogP) is 6.34. The summed E-state index contributed by atoms with van der Waals surface area (Å²) in [5.41, 5.74) is -8.01. The van der Waals surface area contributed by atoms with E-state index in [1.807, 2.05) is 0 Å². The third-order valence-corrected chi connectivity index (χ3v) is 9.14. The quantitative estimate of drug-likeness (QED) is 0.241. The fourth-order valence-electron chi connectivity index (χ4n) is 5.43. The van der Waals surface area contributed by atoms with Gasteiger partial charge in [-0.15, -0.1) is 0 Å². The zero-order valence-corrected chi connectivity index (χ0v) is 23.9. The van der Waals surface area contributed by atoms with Crippen LogP contribution in [0.15, 0.2) is 36.4 Å². The third-order valence-electron chi connectivity index (χ3n) is 7.84. The number of methoxy groups -OCH3 is 1. The fourth-order valence-corrected chi connectivity index (χ4v) is 6.25. The van der Waals surface area contributed by atoms with Crippen LogP contribution in [0, 0.1) is 17.5 Å². The molecule has 0 spiro atoms. The summed E-state index contributed by atoms with van der Waals surface area (Å²) in [6.07, 6.45) is -3.71. The number of benzene rings is 2. The van der Waals surface area contributed by atoms with Crippen LogP contribution >= 0.6 is 0 Å². The number of hydrogen-bond acceptors (Lipinski definition) is 4. The highest BCUT2D eigenvalue weighted by atomic mass is 32.2. The Morgan fingerprint density at radius 1 is 1.00 bits per heavy atom. The summed E-state index contributed by atoms with van der Waals surface area (Å²) in [4.78, 5) is 1.74. The monoisotopic (exact) mass is 626 g/mol. The zero-order valence-electron chi connectivity index (χ0n) is 23.1. The zero-order chi connectivity index (χ0) is 31.4. The molecule has 1 aliphatic carbocycles. The number of sulfonamides is 1. The van der Waals surface area contributed by atoms with Crippen LogP contribution in [0.2, 0.25) is 0 Å². The van der Waals surface area contributed by atoms with Crippen LogP contribution in [0.25, 0.3) is 11.1 Å². The fraction of sp³-hybridized carbons (Fsp3) is 0.500. The highest BCUT2D eigenvalue weighted by Crippen LogP contribution is 2.55. The van der Waals surface area contributed by atoms with Crippen molar-refractivity contribution in [1.29, 1.82) is 0 Å². The molecule has 1 atom stereocenters. The molecule has 1 heterocycles. The highest BCUT2D eigenvalue weighted by Gasteiger charge is 2.72. The Kier molecular flexibility index (Phi) is 8.62. The SMILES string of the molecule is C=C(C)C(F)(F)C(OC)(c1ccc(-c2c(F)cc(CN3CCN(S(C)(=O)=O)CC3)c(F)c2C2CC2)c(F)c1)C(F)(F)F. The number of alkyl halides is 5. The molecular formula is C28H30F8N2O3S. The lowest BCUT2D eigenvalue weighted by Crippen LogP contribution is -2.57. The van der Waals surface area contributed by atoms with Gasteiger partial charge in [0.1, 0.15) is 17.5 Å². The molecule has 2 aromatic rings. The van der Waals surface area contributed by atoms with Crippen molar-refractivity contribution < 1.29 is 48.3 Å². The molecule has 2 aromatic carbocycles. The van der Waals surface area contributed by atoms with Crippen LogP contribution < -0.4 is 0 Å². The van der Waals surface area contributed by atoms with Crippen molar-refractivity contribution in [2.24, 2.45) is 0 Å². The van der Waals surface area contributed by atoms with Crippen molar-refractivity contribution in [3.63, 3.8) is 0 Å². The Labute approximate surface area is 238 Å². The van der Waals surface area contributed by atoms with Crippen LogP contribution in [0.5, 0.6) is 0 Å². The maximum Gasteiger partial charge on any atom is 0.428 e. The van der Waals surface area contributed by atoms with E-state index in [-0.39, 0.29) is 49.9 Å². The Morgan fingerprint density at radius 2 is 1.60 bits per heavy atom. The minimum Gasteiger partial charge on any atom is -0.359 e. The molecule has 0 aromatic heterocycles. The van der Waals surface area contributed by atoms with E-state index in [0.717, 1.165) is 12.3 Å². The lowest BCUT2D eigenvalue weighted by molar-refractivity contribution is -0.338. The van der Waals surface area contributed by atoms with E-state index in [1.54, 1.807) is 4.90 Å². The van der Waals surface area contributed by atoms with Crippen LogP contribution in [-0.4, -0.2) is 69.3 Å². The van der Waals surface area contributed by atoms with Crippen molar-refractivity contribution in [2.75, 3.05) is 39.5 Å². The van der Waals surface area contributed by atoms with Gasteiger partial charge in [-0.05, 0) is 43.4 Å². The van der Waals surface area contributed by atoms with Gasteiger partial charge < -0.3 is 4.74 Å². The van der Waals surface area contributed by atoms with E-state index in [1.165, 1.54) is 4.31 Å². The summed E-state index contributed by atoms with van der Waals surface area (Å²) in [5, 5.41) is 0. The number of piperazine rings is 1. The van der Waals surface area contributed by atoms with Crippen molar-refractivity contribution in [2.45, 2.75) is 49.9 Å². The number of rotatable bonds is 9. The second kappa shape index (κ2) is 11.2. The van der Waals surface area contributed by atoms with Gasteiger partial charge in [-0.2, -0.15) is 26.3 Å². The highest BCUT2D eigenvalue weighted by molar-refractivity contribution is 7.88. The van der Waals surface area contributed by atoms with E-state index in [0.29, 0.717) is 39.0 Å². The molecule has 2 fully saturated rings. The minimum absolute atomic E-state index is 0.0421. The van der Waals surface area contributed by atoms with Gasteiger partial charge in [0, 0.05) is 67.7 Å². The lowest BCUT2D eigenvalue weighted by atomic mass is 9.82. The molecule has 1 saturated carbocycles. The van der Waals surface area contributed by atoms with Gasteiger partial charge >= 0.3 is 12.1 Å². The topological polar surface area (TPSA) is 49.9 Å². The Morgan fingerprint density at radius 3 is 2.05 bits per heavy atom. The van der Waals surface area contributed by atoms with E-state index >= 15 is 22.0 Å². The summed E-state index contributed by atoms with van der Waals surface area (Å²) < 4.78 is 149. The summed E-state index contributed by atoms with van der Waals surface area (Å²) in [6.45, 7) is 4.43. The molecule has 14 heteroatoms. The standard InChI is InChI=1S/C28H30F8N2O3S/c1-16(2)27(32,33)26(41-3,28(34,35)36)19-7-8-20(21(29)14-19)24-22(30)13-18(25(31)23(24)17-5-6-17)15-37-9-11-38(12-10-37)42(4,39)40/h7-8,13-14,17H,1,5-6,9-12,15H2,2-4H3. The van der Waals surface area contributed by atoms with Gasteiger partial charge in [-0.25, -0.2) is 21.6 Å². The van der Waals surface area contributed by atoms with Gasteiger partial charge in [0.25, 0.3) is 5.60 Å². The third kappa shape index (κ3) is 5.58. The molecule has 0 N–H and O–H groups in total. The normalized spacial score (nSPS) is 19.1. The average Bonchev–Trinajstić information content (AvgIpc) is 3.71. The van der Waals surface area contributed by atoms with Gasteiger partial charge in [0.05, 0.1) is 6.26 Å². The summed E-state index contributed by atoms with van der Waals surface area (Å²) in [6, 6.07) is 2.35. The molecule has 2 aliphatic rings. The maximum atomic E-state index is 15.9. The Balaban J connectivity index is 1.76. The summed E-state index contributed by atoms with van der Waals surface area (Å²) in [5.74, 6) is -8.50. The molecule has 0 radical (unpaired) electrons. The smallest absolute Gasteiger partial charge is 0.359 e. The largest absolute Gasteiger partial charge is 0.428 e. The number of ether oxygens (including phenoxy) is 1. The second-order valence-electron chi connectivity index (χ2n) is 10.8. The van der Waals surface area contributed by atoms with Crippen LogP contribution in [0.3, 0.4) is 0 Å². The summed E-state index contributed by atoms with van der Waals surface area (Å²) >= 11 is 0. The average molecular weight is 627 g/mol. The van der Waals surface area contributed by atoms with Gasteiger partial charge in [-0.1, -0.05) is 18.7 Å². The summed E-state index contributed by atoms with van der Waals surface area (Å²) in [7, 11) is -2.99. The number of halogens is 8. The first-order chi connectivity index (χ1) is 19.4. The maximum absolute atomic E-state index is 15.9. The minimum atomic E-state index is -5.72. The molecule has 4 rings (SSSR count). The van der Waals surface area contributed by atoms with Crippen LogP contribution in [-0.2, 0) is 26.9 Å². The Bertz CT molecular complexity index is 1480. The van der Waals surface area contributed by atoms with Crippen molar-refractivity contribution >= 4 is 10.0 Å². The first-order valence-electron chi connectivity index (χ1n) is 13.0.